The number of amides is 2. The summed E-state index contributed by atoms with van der Waals surface area (Å²) in [5.41, 5.74) is 0. The van der Waals surface area contributed by atoms with Gasteiger partial charge in [-0.1, -0.05) is 0 Å². The van der Waals surface area contributed by atoms with Gasteiger partial charge in [-0.15, -0.1) is 0 Å². The second-order valence-corrected chi connectivity index (χ2v) is 8.37. The Labute approximate surface area is 168 Å². The van der Waals surface area contributed by atoms with Crippen molar-refractivity contribution in [2.75, 3.05) is 46.1 Å². The number of esters is 1. The molecule has 3 rings (SSSR count). The van der Waals surface area contributed by atoms with Crippen molar-refractivity contribution in [3.63, 3.8) is 0 Å². The minimum absolute atomic E-state index is 0.0448. The first-order valence-electron chi connectivity index (χ1n) is 9.17. The van der Waals surface area contributed by atoms with E-state index in [4.69, 9.17) is 14.2 Å². The lowest BCUT2D eigenvalue weighted by Gasteiger charge is -2.26. The van der Waals surface area contributed by atoms with E-state index < -0.39 is 22.5 Å². The van der Waals surface area contributed by atoms with Crippen LogP contribution in [0.5, 0.6) is 5.75 Å². The van der Waals surface area contributed by atoms with Gasteiger partial charge in [-0.3, -0.25) is 19.3 Å². The zero-order valence-corrected chi connectivity index (χ0v) is 16.6. The number of ether oxygens (including phenoxy) is 3. The Balaban J connectivity index is 1.43. The molecule has 2 fully saturated rings. The normalized spacial score (nSPS) is 18.1. The summed E-state index contributed by atoms with van der Waals surface area (Å²) in [6, 6.07) is 5.96. The summed E-state index contributed by atoms with van der Waals surface area (Å²) in [4.78, 5) is 35.7. The van der Waals surface area contributed by atoms with Crippen LogP contribution >= 0.6 is 0 Å². The molecule has 2 amide bonds. The van der Waals surface area contributed by atoms with Crippen LogP contribution in [-0.2, 0) is 33.9 Å². The van der Waals surface area contributed by atoms with Crippen molar-refractivity contribution in [1.29, 1.82) is 0 Å². The highest BCUT2D eigenvalue weighted by Gasteiger charge is 2.31. The molecular formula is C18H22N2O8S. The average molecular weight is 426 g/mol. The van der Waals surface area contributed by atoms with Crippen molar-refractivity contribution in [1.82, 2.24) is 9.21 Å². The number of hydrogen-bond acceptors (Lipinski definition) is 8. The summed E-state index contributed by atoms with van der Waals surface area (Å²) in [7, 11) is -3.57. The maximum atomic E-state index is 12.5. The molecule has 2 aliphatic heterocycles. The quantitative estimate of drug-likeness (QED) is 0.318. The van der Waals surface area contributed by atoms with Crippen molar-refractivity contribution in [2.24, 2.45) is 0 Å². The smallest absolute Gasteiger partial charge is 0.326 e. The molecule has 0 bridgehead atoms. The Morgan fingerprint density at radius 1 is 1.00 bits per heavy atom. The molecule has 10 nitrogen and oxygen atoms in total. The molecule has 2 aliphatic rings. The molecule has 0 atom stereocenters. The largest absolute Gasteiger partial charge is 0.490 e. The Bertz CT molecular complexity index is 846. The van der Waals surface area contributed by atoms with Crippen LogP contribution in [0.25, 0.3) is 0 Å². The number of benzene rings is 1. The van der Waals surface area contributed by atoms with Crippen LogP contribution in [0.4, 0.5) is 0 Å². The lowest BCUT2D eigenvalue weighted by atomic mass is 10.3. The van der Waals surface area contributed by atoms with Gasteiger partial charge in [0.25, 0.3) is 0 Å². The van der Waals surface area contributed by atoms with Crippen molar-refractivity contribution in [3.8, 4) is 5.75 Å². The van der Waals surface area contributed by atoms with Crippen molar-refractivity contribution in [3.05, 3.63) is 24.3 Å². The minimum Gasteiger partial charge on any atom is -0.490 e. The van der Waals surface area contributed by atoms with Gasteiger partial charge < -0.3 is 14.2 Å². The fourth-order valence-corrected chi connectivity index (χ4v) is 4.34. The van der Waals surface area contributed by atoms with E-state index in [1.165, 1.54) is 28.6 Å². The Kier molecular flexibility index (Phi) is 6.83. The molecule has 0 unspecified atom stereocenters. The topological polar surface area (TPSA) is 120 Å². The van der Waals surface area contributed by atoms with E-state index in [0.717, 1.165) is 4.90 Å². The van der Waals surface area contributed by atoms with E-state index in [2.05, 4.69) is 0 Å². The maximum Gasteiger partial charge on any atom is 0.326 e. The summed E-state index contributed by atoms with van der Waals surface area (Å²) in [6.07, 6.45) is 0.235. The van der Waals surface area contributed by atoms with E-state index >= 15 is 0 Å². The van der Waals surface area contributed by atoms with Gasteiger partial charge in [0.2, 0.25) is 21.8 Å². The highest BCUT2D eigenvalue weighted by atomic mass is 32.2. The first kappa shape index (κ1) is 21.2. The maximum absolute atomic E-state index is 12.5. The predicted molar refractivity (Wildman–Crippen MR) is 98.4 cm³/mol. The van der Waals surface area contributed by atoms with Gasteiger partial charge in [-0.2, -0.15) is 4.31 Å². The number of sulfonamides is 1. The van der Waals surface area contributed by atoms with E-state index in [0.29, 0.717) is 32.1 Å². The lowest BCUT2D eigenvalue weighted by molar-refractivity contribution is -0.152. The molecule has 11 heteroatoms. The van der Waals surface area contributed by atoms with Crippen molar-refractivity contribution in [2.45, 2.75) is 17.7 Å². The zero-order valence-electron chi connectivity index (χ0n) is 15.7. The molecule has 0 radical (unpaired) electrons. The van der Waals surface area contributed by atoms with Gasteiger partial charge in [0.1, 0.15) is 25.5 Å². The molecule has 1 aromatic rings. The predicted octanol–water partition coefficient (Wildman–Crippen LogP) is -0.221. The first-order valence-corrected chi connectivity index (χ1v) is 10.6. The van der Waals surface area contributed by atoms with E-state index in [9.17, 15) is 22.8 Å². The number of morpholine rings is 1. The number of likely N-dealkylation sites (tertiary alicyclic amines) is 1. The van der Waals surface area contributed by atoms with Gasteiger partial charge >= 0.3 is 5.97 Å². The van der Waals surface area contributed by atoms with Crippen LogP contribution in [-0.4, -0.2) is 81.5 Å². The van der Waals surface area contributed by atoms with E-state index in [1.54, 1.807) is 0 Å². The monoisotopic (exact) mass is 426 g/mol. The average Bonchev–Trinajstić information content (AvgIpc) is 3.04. The molecule has 2 heterocycles. The number of carbonyl (C=O) groups excluding carboxylic acids is 3. The highest BCUT2D eigenvalue weighted by molar-refractivity contribution is 7.89. The zero-order chi connectivity index (χ0) is 20.9. The van der Waals surface area contributed by atoms with E-state index in [-0.39, 0.29) is 42.8 Å². The molecule has 158 valence electrons. The Morgan fingerprint density at radius 2 is 1.62 bits per heavy atom. The number of rotatable bonds is 8. The number of imide groups is 1. The first-order chi connectivity index (χ1) is 13.9. The van der Waals surface area contributed by atoms with Crippen LogP contribution in [0.15, 0.2) is 29.2 Å². The van der Waals surface area contributed by atoms with Gasteiger partial charge in [0.15, 0.2) is 0 Å². The van der Waals surface area contributed by atoms with Crippen LogP contribution < -0.4 is 4.74 Å². The van der Waals surface area contributed by atoms with Crippen LogP contribution in [0.2, 0.25) is 0 Å². The third kappa shape index (κ3) is 5.31. The summed E-state index contributed by atoms with van der Waals surface area (Å²) < 4.78 is 42.0. The molecule has 0 aliphatic carbocycles. The summed E-state index contributed by atoms with van der Waals surface area (Å²) in [5, 5.41) is 0. The van der Waals surface area contributed by atoms with Gasteiger partial charge in [0.05, 0.1) is 18.1 Å². The van der Waals surface area contributed by atoms with Crippen LogP contribution in [0.3, 0.4) is 0 Å². The lowest BCUT2D eigenvalue weighted by Crippen LogP contribution is -2.40. The second-order valence-electron chi connectivity index (χ2n) is 6.43. The fourth-order valence-electron chi connectivity index (χ4n) is 2.93. The molecule has 0 saturated carbocycles. The molecule has 0 spiro atoms. The van der Waals surface area contributed by atoms with E-state index in [1.807, 2.05) is 0 Å². The fraction of sp³-hybridized carbons (Fsp3) is 0.500. The SMILES string of the molecule is O=C(CN1C(=O)CCC1=O)OCCOc1ccc(S(=O)(=O)N2CCOCC2)cc1. The van der Waals surface area contributed by atoms with Crippen LogP contribution in [0.1, 0.15) is 12.8 Å². The summed E-state index contributed by atoms with van der Waals surface area (Å²) in [6.45, 7) is 0.970. The van der Waals surface area contributed by atoms with Gasteiger partial charge in [-0.25, -0.2) is 8.42 Å². The van der Waals surface area contributed by atoms with Crippen molar-refractivity contribution >= 4 is 27.8 Å². The highest BCUT2D eigenvalue weighted by Crippen LogP contribution is 2.20. The number of nitrogens with zero attached hydrogens (tertiary/aromatic N) is 2. The molecule has 0 N–H and O–H groups in total. The van der Waals surface area contributed by atoms with Crippen LogP contribution in [0, 0.1) is 0 Å². The Morgan fingerprint density at radius 3 is 2.24 bits per heavy atom. The molecule has 2 saturated heterocycles. The van der Waals surface area contributed by atoms with Crippen molar-refractivity contribution < 1.29 is 37.0 Å². The Hall–Kier alpha value is -2.50. The van der Waals surface area contributed by atoms with Gasteiger partial charge in [-0.05, 0) is 24.3 Å². The summed E-state index contributed by atoms with van der Waals surface area (Å²) >= 11 is 0. The third-order valence-electron chi connectivity index (χ3n) is 4.49. The second kappa shape index (κ2) is 9.33. The minimum atomic E-state index is -3.57. The molecule has 1 aromatic carbocycles. The standard InChI is InChI=1S/C18H22N2O8S/c21-16-5-6-17(22)20(16)13-18(23)28-12-11-27-14-1-3-15(4-2-14)29(24,25)19-7-9-26-10-8-19/h1-4H,5-13H2. The summed E-state index contributed by atoms with van der Waals surface area (Å²) in [5.74, 6) is -1.03. The molecular weight excluding hydrogens is 404 g/mol. The third-order valence-corrected chi connectivity index (χ3v) is 6.40. The molecule has 29 heavy (non-hydrogen) atoms. The number of hydrogen-bond donors (Lipinski definition) is 0. The molecule has 0 aromatic heterocycles. The van der Waals surface area contributed by atoms with Gasteiger partial charge in [0, 0.05) is 25.9 Å². The number of carbonyl (C=O) groups is 3.